The minimum absolute atomic E-state index is 0.0579. The van der Waals surface area contributed by atoms with E-state index < -0.39 is 81.6 Å². The van der Waals surface area contributed by atoms with Crippen molar-refractivity contribution in [3.05, 3.63) is 87.9 Å². The molecule has 0 bridgehead atoms. The highest BCUT2D eigenvalue weighted by Gasteiger charge is 2.52. The van der Waals surface area contributed by atoms with E-state index in [0.29, 0.717) is 16.3 Å². The monoisotopic (exact) mass is 1040 g/mol. The second-order valence-corrected chi connectivity index (χ2v) is 19.8. The summed E-state index contributed by atoms with van der Waals surface area (Å²) in [5.41, 5.74) is -0.399. The van der Waals surface area contributed by atoms with Crippen LogP contribution in [0.3, 0.4) is 0 Å². The van der Waals surface area contributed by atoms with Crippen LogP contribution in [0.15, 0.2) is 54.0 Å². The lowest BCUT2D eigenvalue weighted by molar-refractivity contribution is -0.144. The topological polar surface area (TPSA) is 209 Å². The third-order valence-electron chi connectivity index (χ3n) is 11.9. The van der Waals surface area contributed by atoms with Gasteiger partial charge < -0.3 is 44.5 Å². The summed E-state index contributed by atoms with van der Waals surface area (Å²) < 4.78 is 79.0. The number of benzene rings is 2. The van der Waals surface area contributed by atoms with E-state index in [-0.39, 0.29) is 76.8 Å². The molecule has 2 fully saturated rings. The number of hydrogen-bond donors (Lipinski definition) is 3. The number of thiocarbonyl (C=S) groups is 1. The van der Waals surface area contributed by atoms with Gasteiger partial charge in [0.25, 0.3) is 5.91 Å². The third kappa shape index (κ3) is 12.7. The van der Waals surface area contributed by atoms with Crippen molar-refractivity contribution < 1.29 is 60.8 Å². The van der Waals surface area contributed by atoms with Gasteiger partial charge in [-0.1, -0.05) is 45.0 Å². The zero-order valence-corrected chi connectivity index (χ0v) is 42.4. The van der Waals surface area contributed by atoms with Crippen LogP contribution in [0.25, 0.3) is 10.4 Å². The first-order valence-corrected chi connectivity index (χ1v) is 24.1. The van der Waals surface area contributed by atoms with Crippen LogP contribution in [-0.2, 0) is 46.1 Å². The van der Waals surface area contributed by atoms with E-state index in [9.17, 15) is 42.7 Å². The Balaban J connectivity index is 0.886. The van der Waals surface area contributed by atoms with Crippen molar-refractivity contribution in [2.45, 2.75) is 91.3 Å². The number of nitriles is 1. The average molecular weight is 1040 g/mol. The van der Waals surface area contributed by atoms with Gasteiger partial charge in [0.05, 0.1) is 83.9 Å². The highest BCUT2D eigenvalue weighted by Crippen LogP contribution is 2.42. The first-order valence-electron chi connectivity index (χ1n) is 22.8. The molecule has 72 heavy (non-hydrogen) atoms. The van der Waals surface area contributed by atoms with Crippen molar-refractivity contribution in [2.24, 2.45) is 5.41 Å². The number of amides is 4. The number of likely N-dealkylation sites (tertiary alicyclic amines) is 1. The highest BCUT2D eigenvalue weighted by molar-refractivity contribution is 7.81. The van der Waals surface area contributed by atoms with Gasteiger partial charge in [-0.15, -0.1) is 11.3 Å². The number of thiazole rings is 1. The summed E-state index contributed by atoms with van der Waals surface area (Å²) in [5, 5.41) is 25.1. The van der Waals surface area contributed by atoms with Crippen LogP contribution < -0.4 is 25.2 Å². The van der Waals surface area contributed by atoms with Gasteiger partial charge in [0, 0.05) is 25.6 Å². The number of alkyl halides is 3. The normalized spacial score (nSPS) is 17.3. The zero-order chi connectivity index (χ0) is 52.7. The molecular formula is C49H56F4N8O9S2. The van der Waals surface area contributed by atoms with Crippen LogP contribution in [-0.4, -0.2) is 125 Å². The molecule has 17 nitrogen and oxygen atoms in total. The molecule has 0 spiro atoms. The van der Waals surface area contributed by atoms with Crippen molar-refractivity contribution in [3.63, 3.8) is 0 Å². The number of nitrogens with zero attached hydrogens (tertiary/aromatic N) is 6. The number of carbonyl (C=O) groups excluding carboxylic acids is 4. The molecule has 2 saturated heterocycles. The summed E-state index contributed by atoms with van der Waals surface area (Å²) in [6.07, 6.45) is -6.06. The number of aliphatic hydroxyl groups excluding tert-OH is 1. The predicted molar refractivity (Wildman–Crippen MR) is 261 cm³/mol. The Kier molecular flexibility index (Phi) is 17.7. The van der Waals surface area contributed by atoms with Crippen LogP contribution in [0.1, 0.15) is 69.1 Å². The van der Waals surface area contributed by atoms with Crippen molar-refractivity contribution >= 4 is 63.7 Å². The largest absolute Gasteiger partial charge is 0.475 e. The maximum atomic E-state index is 15.4. The van der Waals surface area contributed by atoms with E-state index in [1.165, 1.54) is 35.8 Å². The second-order valence-electron chi connectivity index (χ2n) is 18.6. The Morgan fingerprint density at radius 1 is 0.958 bits per heavy atom. The summed E-state index contributed by atoms with van der Waals surface area (Å²) in [4.78, 5) is 67.1. The SMILES string of the molecule is Cc1nc(OCCOCCOCCOCC(=O)N[C@H](C(=O)N2C[C@H](O)C[C@H]2C(=O)NCc2ccc(-c3scnc3C)cc2)C(C)(C)C)ccc1N1C(=S)N(c2ccc(C#N)c(C(F)(F)F)c2F)C(=O)C1(C)C. The van der Waals surface area contributed by atoms with E-state index in [1.54, 1.807) is 50.6 Å². The quantitative estimate of drug-likeness (QED) is 0.0527. The zero-order valence-electron chi connectivity index (χ0n) is 40.7. The van der Waals surface area contributed by atoms with Gasteiger partial charge >= 0.3 is 6.18 Å². The minimum atomic E-state index is -5.21. The average Bonchev–Trinajstić information content (AvgIpc) is 3.98. The van der Waals surface area contributed by atoms with E-state index in [4.69, 9.17) is 31.2 Å². The standard InChI is InChI=1S/C49H56F4N8O9S2/c1-28-34(61-46(71)60(45(66)48(61,6)7)35-13-12-32(23-54)39(40(35)50)49(51,52)53)14-15-38(57-28)70-21-20-68-17-16-67-18-19-69-26-37(63)58-42(47(3,4)5)44(65)59-25-33(62)22-36(59)43(64)55-24-30-8-10-31(11-9-30)41-29(2)56-27-72-41/h8-15,27,33,36,42,62H,16-22,24-26H2,1-7H3,(H,55,64)(H,58,63)/t33-,36+,42-/m1/s1. The van der Waals surface area contributed by atoms with E-state index in [0.717, 1.165) is 33.8 Å². The van der Waals surface area contributed by atoms with E-state index >= 15 is 4.39 Å². The smallest absolute Gasteiger partial charge is 0.420 e. The third-order valence-corrected chi connectivity index (χ3v) is 13.2. The summed E-state index contributed by atoms with van der Waals surface area (Å²) in [6, 6.07) is 11.9. The lowest BCUT2D eigenvalue weighted by Crippen LogP contribution is -2.58. The molecule has 23 heteroatoms. The fourth-order valence-corrected chi connectivity index (χ4v) is 9.48. The van der Waals surface area contributed by atoms with Gasteiger partial charge in [-0.25, -0.2) is 14.4 Å². The number of aliphatic hydroxyl groups is 1. The van der Waals surface area contributed by atoms with Crippen LogP contribution in [0.5, 0.6) is 5.88 Å². The molecule has 2 aromatic heterocycles. The van der Waals surface area contributed by atoms with Crippen molar-refractivity contribution in [1.82, 2.24) is 25.5 Å². The fourth-order valence-electron chi connectivity index (χ4n) is 8.16. The number of halogens is 4. The first kappa shape index (κ1) is 55.2. The highest BCUT2D eigenvalue weighted by atomic mass is 32.1. The number of nitrogens with one attached hydrogen (secondary N) is 2. The molecule has 4 heterocycles. The maximum Gasteiger partial charge on any atom is 0.420 e. The number of aryl methyl sites for hydroxylation is 2. The van der Waals surface area contributed by atoms with Crippen LogP contribution in [0, 0.1) is 36.4 Å². The summed E-state index contributed by atoms with van der Waals surface area (Å²) >= 11 is 7.08. The number of ether oxygens (including phenoxy) is 4. The Hall–Kier alpha value is -6.16. The molecular weight excluding hydrogens is 985 g/mol. The Labute approximate surface area is 423 Å². The van der Waals surface area contributed by atoms with E-state index in [1.807, 2.05) is 31.2 Å². The molecule has 3 atom stereocenters. The van der Waals surface area contributed by atoms with Crippen molar-refractivity contribution in [3.8, 4) is 22.4 Å². The van der Waals surface area contributed by atoms with Crippen LogP contribution >= 0.6 is 23.6 Å². The maximum absolute atomic E-state index is 15.4. The molecule has 4 amide bonds. The molecule has 3 N–H and O–H groups in total. The second kappa shape index (κ2) is 23.2. The number of carbonyl (C=O) groups is 4. The van der Waals surface area contributed by atoms with Gasteiger partial charge in [0.15, 0.2) is 10.9 Å². The molecule has 4 aromatic rings. The Morgan fingerprint density at radius 2 is 1.60 bits per heavy atom. The van der Waals surface area contributed by atoms with Crippen molar-refractivity contribution in [2.75, 3.05) is 62.6 Å². The molecule has 0 saturated carbocycles. The fraction of sp³-hybridized carbons (Fsp3) is 0.469. The number of β-amino-alcohol motifs (C(OH)–C–C–N with tert-alkyl or cyclic N) is 1. The predicted octanol–water partition coefficient (Wildman–Crippen LogP) is 6.01. The molecule has 0 radical (unpaired) electrons. The molecule has 2 aliphatic rings. The summed E-state index contributed by atoms with van der Waals surface area (Å²) in [6.45, 7) is 12.5. The Morgan fingerprint density at radius 3 is 2.19 bits per heavy atom. The molecule has 0 unspecified atom stereocenters. The van der Waals surface area contributed by atoms with Gasteiger partial charge in [-0.3, -0.25) is 24.1 Å². The van der Waals surface area contributed by atoms with Gasteiger partial charge in [0.1, 0.15) is 36.4 Å². The Bertz CT molecular complexity index is 2690. The molecule has 2 aromatic carbocycles. The molecule has 2 aliphatic heterocycles. The van der Waals surface area contributed by atoms with Crippen LogP contribution in [0.4, 0.5) is 28.9 Å². The van der Waals surface area contributed by atoms with Gasteiger partial charge in [-0.2, -0.15) is 18.4 Å². The minimum Gasteiger partial charge on any atom is -0.475 e. The number of anilines is 2. The summed E-state index contributed by atoms with van der Waals surface area (Å²) in [5.74, 6) is -3.84. The van der Waals surface area contributed by atoms with Crippen LogP contribution in [0.2, 0.25) is 0 Å². The lowest BCUT2D eigenvalue weighted by Gasteiger charge is -2.35. The number of hydrogen-bond acceptors (Lipinski definition) is 14. The summed E-state index contributed by atoms with van der Waals surface area (Å²) in [7, 11) is 0. The van der Waals surface area contributed by atoms with E-state index in [2.05, 4.69) is 20.6 Å². The number of pyridine rings is 1. The van der Waals surface area contributed by atoms with Gasteiger partial charge in [0.2, 0.25) is 23.6 Å². The number of rotatable bonds is 20. The molecule has 0 aliphatic carbocycles. The first-order chi connectivity index (χ1) is 33.9. The lowest BCUT2D eigenvalue weighted by atomic mass is 9.85. The molecule has 386 valence electrons. The molecule has 6 rings (SSSR count). The van der Waals surface area contributed by atoms with Crippen molar-refractivity contribution in [1.29, 1.82) is 5.26 Å². The van der Waals surface area contributed by atoms with Gasteiger partial charge in [-0.05, 0) is 74.7 Å². The number of aromatic nitrogens is 2.